The highest BCUT2D eigenvalue weighted by Gasteiger charge is 2.42. The lowest BCUT2D eigenvalue weighted by Crippen LogP contribution is -2.33. The number of aryl methyl sites for hydroxylation is 1. The van der Waals surface area contributed by atoms with Gasteiger partial charge in [0.25, 0.3) is 0 Å². The predicted octanol–water partition coefficient (Wildman–Crippen LogP) is 2.24. The lowest BCUT2D eigenvalue weighted by Gasteiger charge is -2.24. The van der Waals surface area contributed by atoms with Crippen molar-refractivity contribution in [1.82, 2.24) is 24.7 Å². The topological polar surface area (TPSA) is 90.6 Å². The van der Waals surface area contributed by atoms with Gasteiger partial charge in [-0.25, -0.2) is 28.1 Å². The molecule has 1 unspecified atom stereocenters. The molecule has 1 atom stereocenters. The molecule has 0 aliphatic carbocycles. The van der Waals surface area contributed by atoms with Crippen molar-refractivity contribution in [1.29, 1.82) is 0 Å². The van der Waals surface area contributed by atoms with Gasteiger partial charge < -0.3 is 0 Å². The van der Waals surface area contributed by atoms with Crippen LogP contribution in [0.5, 0.6) is 0 Å². The van der Waals surface area contributed by atoms with E-state index in [4.69, 9.17) is 0 Å². The molecule has 8 heteroatoms. The molecule has 0 N–H and O–H groups in total. The Kier molecular flexibility index (Phi) is 3.87. The van der Waals surface area contributed by atoms with Crippen LogP contribution < -0.4 is 0 Å². The highest BCUT2D eigenvalue weighted by molar-refractivity contribution is 7.91. The minimum absolute atomic E-state index is 0.0504. The third kappa shape index (κ3) is 3.01. The fraction of sp³-hybridized carbons (Fsp3) is 0.333. The lowest BCUT2D eigenvalue weighted by molar-refractivity contribution is 0.332. The summed E-state index contributed by atoms with van der Waals surface area (Å²) < 4.78 is 25.9. The van der Waals surface area contributed by atoms with E-state index in [0.29, 0.717) is 23.8 Å². The molecular formula is C18H19N5O2S. The summed E-state index contributed by atoms with van der Waals surface area (Å²) >= 11 is 0. The second-order valence-electron chi connectivity index (χ2n) is 6.97. The summed E-state index contributed by atoms with van der Waals surface area (Å²) in [5.74, 6) is 1.33. The van der Waals surface area contributed by atoms with Crippen molar-refractivity contribution in [3.63, 3.8) is 0 Å². The van der Waals surface area contributed by atoms with Crippen LogP contribution in [-0.2, 0) is 15.4 Å². The fourth-order valence-corrected chi connectivity index (χ4v) is 5.37. The van der Waals surface area contributed by atoms with Crippen LogP contribution in [-0.4, -0.2) is 44.7 Å². The summed E-state index contributed by atoms with van der Waals surface area (Å²) in [6.45, 7) is 3.93. The van der Waals surface area contributed by atoms with E-state index >= 15 is 0 Å². The first kappa shape index (κ1) is 16.8. The van der Waals surface area contributed by atoms with E-state index in [-0.39, 0.29) is 11.5 Å². The standard InChI is InChI=1S/C18H19N5O2S/c1-13-3-5-14(6-4-13)16-21-17(15-7-9-19-12-20-15)23(22-16)18(2)8-10-26(24,25)11-18/h3-7,9,12H,8,10-11H2,1-2H3. The summed E-state index contributed by atoms with van der Waals surface area (Å²) in [7, 11) is -3.08. The Bertz CT molecular complexity index is 1040. The van der Waals surface area contributed by atoms with Gasteiger partial charge in [0, 0.05) is 11.8 Å². The number of aromatic nitrogens is 5. The summed E-state index contributed by atoms with van der Waals surface area (Å²) in [6.07, 6.45) is 3.60. The molecule has 3 aromatic rings. The summed E-state index contributed by atoms with van der Waals surface area (Å²) in [5, 5.41) is 4.69. The molecule has 1 aliphatic heterocycles. The van der Waals surface area contributed by atoms with E-state index in [2.05, 4.69) is 20.1 Å². The molecule has 0 bridgehead atoms. The van der Waals surface area contributed by atoms with E-state index in [1.165, 1.54) is 6.33 Å². The Labute approximate surface area is 152 Å². The van der Waals surface area contributed by atoms with Crippen LogP contribution >= 0.6 is 0 Å². The van der Waals surface area contributed by atoms with Crippen LogP contribution in [0.15, 0.2) is 42.9 Å². The molecule has 1 fully saturated rings. The number of nitrogens with zero attached hydrogens (tertiary/aromatic N) is 5. The van der Waals surface area contributed by atoms with Gasteiger partial charge in [-0.2, -0.15) is 0 Å². The van der Waals surface area contributed by atoms with Crippen LogP contribution in [0.3, 0.4) is 0 Å². The van der Waals surface area contributed by atoms with Crippen molar-refractivity contribution in [3.05, 3.63) is 48.4 Å². The zero-order valence-electron chi connectivity index (χ0n) is 14.6. The zero-order chi connectivity index (χ0) is 18.4. The Morgan fingerprint density at radius 2 is 1.92 bits per heavy atom. The Morgan fingerprint density at radius 1 is 1.15 bits per heavy atom. The van der Waals surface area contributed by atoms with E-state index in [1.807, 2.05) is 38.1 Å². The molecule has 3 heterocycles. The maximum atomic E-state index is 12.1. The maximum absolute atomic E-state index is 12.1. The van der Waals surface area contributed by atoms with Crippen molar-refractivity contribution in [3.8, 4) is 22.9 Å². The summed E-state index contributed by atoms with van der Waals surface area (Å²) in [4.78, 5) is 12.9. The predicted molar refractivity (Wildman–Crippen MR) is 98.1 cm³/mol. The van der Waals surface area contributed by atoms with Crippen LogP contribution in [0.2, 0.25) is 0 Å². The van der Waals surface area contributed by atoms with E-state index in [0.717, 1.165) is 11.1 Å². The molecule has 4 rings (SSSR count). The number of rotatable bonds is 3. The third-order valence-corrected chi connectivity index (χ3v) is 6.61. The summed E-state index contributed by atoms with van der Waals surface area (Å²) in [6, 6.07) is 9.69. The Balaban J connectivity index is 1.88. The average molecular weight is 369 g/mol. The highest BCUT2D eigenvalue weighted by atomic mass is 32.2. The second kappa shape index (κ2) is 5.98. The smallest absolute Gasteiger partial charge is 0.181 e. The van der Waals surface area contributed by atoms with Gasteiger partial charge in [0.15, 0.2) is 21.5 Å². The second-order valence-corrected chi connectivity index (χ2v) is 9.15. The van der Waals surface area contributed by atoms with Gasteiger partial charge in [-0.3, -0.25) is 0 Å². The highest BCUT2D eigenvalue weighted by Crippen LogP contribution is 2.34. The molecule has 0 amide bonds. The molecule has 1 aromatic carbocycles. The van der Waals surface area contributed by atoms with E-state index in [1.54, 1.807) is 16.9 Å². The monoisotopic (exact) mass is 369 g/mol. The maximum Gasteiger partial charge on any atom is 0.181 e. The van der Waals surface area contributed by atoms with E-state index in [9.17, 15) is 8.42 Å². The van der Waals surface area contributed by atoms with Crippen molar-refractivity contribution in [2.75, 3.05) is 11.5 Å². The first-order valence-corrected chi connectivity index (χ1v) is 10.2. The Morgan fingerprint density at radius 3 is 2.54 bits per heavy atom. The van der Waals surface area contributed by atoms with Gasteiger partial charge in [-0.15, -0.1) is 5.10 Å². The molecule has 7 nitrogen and oxygen atoms in total. The third-order valence-electron chi connectivity index (χ3n) is 4.72. The minimum Gasteiger partial charge on any atom is -0.245 e. The van der Waals surface area contributed by atoms with Crippen molar-refractivity contribution in [2.24, 2.45) is 0 Å². The normalized spacial score (nSPS) is 21.8. The SMILES string of the molecule is Cc1ccc(-c2nc(-c3ccncn3)n(C3(C)CCS(=O)(=O)C3)n2)cc1. The first-order chi connectivity index (χ1) is 12.4. The van der Waals surface area contributed by atoms with Gasteiger partial charge in [0.1, 0.15) is 12.0 Å². The first-order valence-electron chi connectivity index (χ1n) is 8.38. The van der Waals surface area contributed by atoms with Crippen molar-refractivity contribution >= 4 is 9.84 Å². The van der Waals surface area contributed by atoms with Crippen molar-refractivity contribution in [2.45, 2.75) is 25.8 Å². The van der Waals surface area contributed by atoms with Crippen molar-refractivity contribution < 1.29 is 8.42 Å². The molecule has 0 spiro atoms. The molecule has 1 aliphatic rings. The van der Waals surface area contributed by atoms with Gasteiger partial charge in [-0.1, -0.05) is 29.8 Å². The molecule has 1 saturated heterocycles. The molecule has 0 radical (unpaired) electrons. The number of benzene rings is 1. The van der Waals surface area contributed by atoms with Crippen LogP contribution in [0.1, 0.15) is 18.9 Å². The molecule has 26 heavy (non-hydrogen) atoms. The minimum atomic E-state index is -3.08. The molecule has 2 aromatic heterocycles. The molecular weight excluding hydrogens is 350 g/mol. The largest absolute Gasteiger partial charge is 0.245 e. The molecule has 134 valence electrons. The summed E-state index contributed by atoms with van der Waals surface area (Å²) in [5.41, 5.74) is 2.01. The van der Waals surface area contributed by atoms with E-state index < -0.39 is 15.4 Å². The average Bonchev–Trinajstić information content (AvgIpc) is 3.19. The van der Waals surface area contributed by atoms with Crippen LogP contribution in [0.4, 0.5) is 0 Å². The zero-order valence-corrected chi connectivity index (χ0v) is 15.4. The van der Waals surface area contributed by atoms with Gasteiger partial charge in [-0.05, 0) is 26.3 Å². The quantitative estimate of drug-likeness (QED) is 0.703. The lowest BCUT2D eigenvalue weighted by atomic mass is 10.0. The van der Waals surface area contributed by atoms with Gasteiger partial charge >= 0.3 is 0 Å². The number of sulfone groups is 1. The van der Waals surface area contributed by atoms with Crippen LogP contribution in [0, 0.1) is 6.92 Å². The van der Waals surface area contributed by atoms with Crippen LogP contribution in [0.25, 0.3) is 22.9 Å². The van der Waals surface area contributed by atoms with Gasteiger partial charge in [0.2, 0.25) is 0 Å². The number of hydrogen-bond donors (Lipinski definition) is 0. The fourth-order valence-electron chi connectivity index (χ4n) is 3.26. The number of hydrogen-bond acceptors (Lipinski definition) is 6. The molecule has 0 saturated carbocycles. The van der Waals surface area contributed by atoms with Gasteiger partial charge in [0.05, 0.1) is 17.0 Å². The Hall–Kier alpha value is -2.61.